The summed E-state index contributed by atoms with van der Waals surface area (Å²) in [6.45, 7) is 4.01. The average Bonchev–Trinajstić information content (AvgIpc) is 2.93. The molecule has 3 amide bonds. The normalized spacial score (nSPS) is 10.4. The van der Waals surface area contributed by atoms with E-state index in [1.807, 2.05) is 13.0 Å². The predicted octanol–water partition coefficient (Wildman–Crippen LogP) is 2.66. The first kappa shape index (κ1) is 17.5. The van der Waals surface area contributed by atoms with E-state index < -0.39 is 0 Å². The van der Waals surface area contributed by atoms with Gasteiger partial charge in [0.25, 0.3) is 5.91 Å². The first-order valence-corrected chi connectivity index (χ1v) is 7.54. The van der Waals surface area contributed by atoms with Crippen LogP contribution >= 0.6 is 0 Å². The molecule has 2 aromatic rings. The summed E-state index contributed by atoms with van der Waals surface area (Å²) in [5.41, 5.74) is 2.69. The lowest BCUT2D eigenvalue weighted by Gasteiger charge is -2.18. The van der Waals surface area contributed by atoms with Crippen molar-refractivity contribution in [1.29, 1.82) is 0 Å². The van der Waals surface area contributed by atoms with Crippen LogP contribution in [0.3, 0.4) is 0 Å². The van der Waals surface area contributed by atoms with Crippen molar-refractivity contribution >= 4 is 17.6 Å². The number of nitrogens with zero attached hydrogens (tertiary/aromatic N) is 3. The third-order valence-corrected chi connectivity index (χ3v) is 3.55. The number of urea groups is 1. The maximum absolute atomic E-state index is 12.4. The zero-order chi connectivity index (χ0) is 17.9. The van der Waals surface area contributed by atoms with Gasteiger partial charge in [-0.25, -0.2) is 4.79 Å². The summed E-state index contributed by atoms with van der Waals surface area (Å²) in [4.78, 5) is 27.4. The highest BCUT2D eigenvalue weighted by Crippen LogP contribution is 2.18. The van der Waals surface area contributed by atoms with Gasteiger partial charge in [-0.2, -0.15) is 0 Å². The van der Waals surface area contributed by atoms with Crippen LogP contribution in [0.4, 0.5) is 10.5 Å². The van der Waals surface area contributed by atoms with E-state index in [1.165, 1.54) is 9.80 Å². The molecule has 0 aliphatic rings. The van der Waals surface area contributed by atoms with E-state index in [9.17, 15) is 9.59 Å². The monoisotopic (exact) mass is 330 g/mol. The SMILES string of the molecule is Cc1cc(CN(C)C(=O)Nc2cc(C(=O)N(C)C)ccc2C)no1. The topological polar surface area (TPSA) is 78.7 Å². The molecule has 1 aromatic carbocycles. The van der Waals surface area contributed by atoms with Crippen LogP contribution in [-0.2, 0) is 6.54 Å². The van der Waals surface area contributed by atoms with E-state index >= 15 is 0 Å². The van der Waals surface area contributed by atoms with E-state index in [0.717, 1.165) is 5.56 Å². The molecule has 0 saturated heterocycles. The number of aryl methyl sites for hydroxylation is 2. The van der Waals surface area contributed by atoms with Crippen LogP contribution in [0.15, 0.2) is 28.8 Å². The van der Waals surface area contributed by atoms with E-state index in [-0.39, 0.29) is 11.9 Å². The molecule has 0 spiro atoms. The minimum Gasteiger partial charge on any atom is -0.361 e. The lowest BCUT2D eigenvalue weighted by Crippen LogP contribution is -2.31. The number of rotatable bonds is 4. The Kier molecular flexibility index (Phi) is 5.23. The van der Waals surface area contributed by atoms with Crippen LogP contribution in [-0.4, -0.2) is 48.0 Å². The van der Waals surface area contributed by atoms with Crippen molar-refractivity contribution in [2.24, 2.45) is 0 Å². The number of nitrogens with one attached hydrogen (secondary N) is 1. The maximum atomic E-state index is 12.4. The molecule has 7 nitrogen and oxygen atoms in total. The van der Waals surface area contributed by atoms with Crippen LogP contribution < -0.4 is 5.32 Å². The summed E-state index contributed by atoms with van der Waals surface area (Å²) in [6, 6.07) is 6.74. The van der Waals surface area contributed by atoms with Crippen LogP contribution in [0.2, 0.25) is 0 Å². The third-order valence-electron chi connectivity index (χ3n) is 3.55. The van der Waals surface area contributed by atoms with Gasteiger partial charge in [0, 0.05) is 38.5 Å². The average molecular weight is 330 g/mol. The summed E-state index contributed by atoms with van der Waals surface area (Å²) in [6.07, 6.45) is 0. The fourth-order valence-corrected chi connectivity index (χ4v) is 2.17. The van der Waals surface area contributed by atoms with Gasteiger partial charge in [-0.05, 0) is 31.5 Å². The number of carbonyl (C=O) groups is 2. The molecule has 1 aromatic heterocycles. The van der Waals surface area contributed by atoms with E-state index in [0.29, 0.717) is 29.2 Å². The molecule has 2 rings (SSSR count). The highest BCUT2D eigenvalue weighted by atomic mass is 16.5. The Labute approximate surface area is 141 Å². The Morgan fingerprint density at radius 1 is 1.17 bits per heavy atom. The highest BCUT2D eigenvalue weighted by Gasteiger charge is 2.15. The number of aromatic nitrogens is 1. The summed E-state index contributed by atoms with van der Waals surface area (Å²) in [5.74, 6) is 0.585. The number of carbonyl (C=O) groups excluding carboxylic acids is 2. The van der Waals surface area contributed by atoms with Gasteiger partial charge in [0.05, 0.1) is 6.54 Å². The van der Waals surface area contributed by atoms with Crippen molar-refractivity contribution in [2.75, 3.05) is 26.5 Å². The first-order chi connectivity index (χ1) is 11.3. The van der Waals surface area contributed by atoms with Crippen molar-refractivity contribution in [3.63, 3.8) is 0 Å². The van der Waals surface area contributed by atoms with Crippen molar-refractivity contribution in [3.05, 3.63) is 46.8 Å². The Balaban J connectivity index is 2.10. The predicted molar refractivity (Wildman–Crippen MR) is 90.9 cm³/mol. The van der Waals surface area contributed by atoms with Gasteiger partial charge in [-0.3, -0.25) is 4.79 Å². The molecule has 0 unspecified atom stereocenters. The van der Waals surface area contributed by atoms with Gasteiger partial charge >= 0.3 is 6.03 Å². The molecule has 7 heteroatoms. The van der Waals surface area contributed by atoms with Crippen molar-refractivity contribution in [3.8, 4) is 0 Å². The minimum atomic E-state index is -0.284. The standard InChI is InChI=1S/C17H22N4O3/c1-11-6-7-13(16(22)20(3)4)9-15(11)18-17(23)21(5)10-14-8-12(2)24-19-14/h6-9H,10H2,1-5H3,(H,18,23). The third kappa shape index (κ3) is 4.13. The molecular weight excluding hydrogens is 308 g/mol. The fourth-order valence-electron chi connectivity index (χ4n) is 2.17. The van der Waals surface area contributed by atoms with Crippen molar-refractivity contribution < 1.29 is 14.1 Å². The summed E-state index contributed by atoms with van der Waals surface area (Å²) < 4.78 is 5.00. The molecule has 24 heavy (non-hydrogen) atoms. The molecule has 0 radical (unpaired) electrons. The minimum absolute atomic E-state index is 0.114. The van der Waals surface area contributed by atoms with Gasteiger partial charge in [0.1, 0.15) is 11.5 Å². The van der Waals surface area contributed by atoms with E-state index in [1.54, 1.807) is 46.3 Å². The molecular formula is C17H22N4O3. The second kappa shape index (κ2) is 7.16. The molecule has 0 saturated carbocycles. The molecule has 0 aliphatic heterocycles. The Bertz CT molecular complexity index is 752. The Hall–Kier alpha value is -2.83. The second-order valence-corrected chi connectivity index (χ2v) is 5.94. The summed E-state index contributed by atoms with van der Waals surface area (Å²) in [7, 11) is 5.05. The highest BCUT2D eigenvalue weighted by molar-refractivity contribution is 5.97. The van der Waals surface area contributed by atoms with Gasteiger partial charge in [-0.15, -0.1) is 0 Å². The van der Waals surface area contributed by atoms with E-state index in [2.05, 4.69) is 10.5 Å². The summed E-state index contributed by atoms with van der Waals surface area (Å²) in [5, 5.41) is 6.70. The van der Waals surface area contributed by atoms with Crippen molar-refractivity contribution in [1.82, 2.24) is 15.0 Å². The van der Waals surface area contributed by atoms with Crippen molar-refractivity contribution in [2.45, 2.75) is 20.4 Å². The summed E-state index contributed by atoms with van der Waals surface area (Å²) >= 11 is 0. The molecule has 0 aliphatic carbocycles. The quantitative estimate of drug-likeness (QED) is 0.935. The number of anilines is 1. The van der Waals surface area contributed by atoms with Gasteiger partial charge in [0.2, 0.25) is 0 Å². The van der Waals surface area contributed by atoms with Gasteiger partial charge in [-0.1, -0.05) is 11.2 Å². The number of hydrogen-bond donors (Lipinski definition) is 1. The molecule has 128 valence electrons. The van der Waals surface area contributed by atoms with Crippen LogP contribution in [0.1, 0.15) is 27.4 Å². The lowest BCUT2D eigenvalue weighted by molar-refractivity contribution is 0.0827. The molecule has 1 heterocycles. The Morgan fingerprint density at radius 2 is 1.88 bits per heavy atom. The zero-order valence-corrected chi connectivity index (χ0v) is 14.6. The van der Waals surface area contributed by atoms with Crippen LogP contribution in [0.5, 0.6) is 0 Å². The smallest absolute Gasteiger partial charge is 0.321 e. The van der Waals surface area contributed by atoms with E-state index in [4.69, 9.17) is 4.52 Å². The molecule has 0 fully saturated rings. The number of benzene rings is 1. The molecule has 0 atom stereocenters. The van der Waals surface area contributed by atoms with Crippen LogP contribution in [0.25, 0.3) is 0 Å². The number of amides is 3. The number of hydrogen-bond acceptors (Lipinski definition) is 4. The van der Waals surface area contributed by atoms with Gasteiger partial charge in [0.15, 0.2) is 0 Å². The molecule has 0 bridgehead atoms. The lowest BCUT2D eigenvalue weighted by atomic mass is 10.1. The zero-order valence-electron chi connectivity index (χ0n) is 14.6. The maximum Gasteiger partial charge on any atom is 0.321 e. The largest absolute Gasteiger partial charge is 0.361 e. The fraction of sp³-hybridized carbons (Fsp3) is 0.353. The van der Waals surface area contributed by atoms with Gasteiger partial charge < -0.3 is 19.6 Å². The van der Waals surface area contributed by atoms with Crippen LogP contribution in [0, 0.1) is 13.8 Å². The Morgan fingerprint density at radius 3 is 2.46 bits per heavy atom. The molecule has 1 N–H and O–H groups in total. The second-order valence-electron chi connectivity index (χ2n) is 5.94. The first-order valence-electron chi connectivity index (χ1n) is 7.54.